The van der Waals surface area contributed by atoms with E-state index in [1.165, 1.54) is 0 Å². The van der Waals surface area contributed by atoms with Crippen LogP contribution in [0, 0.1) is 0 Å². The molecule has 0 spiro atoms. The Labute approximate surface area is 88.5 Å². The van der Waals surface area contributed by atoms with Gasteiger partial charge < -0.3 is 15.5 Å². The topological polar surface area (TPSA) is 51.0 Å². The van der Waals surface area contributed by atoms with Crippen molar-refractivity contribution >= 4 is 17.0 Å². The zero-order valence-electron chi connectivity index (χ0n) is 8.66. The van der Waals surface area contributed by atoms with Gasteiger partial charge in [-0.15, -0.1) is 0 Å². The molecular weight excluding hydrogens is 188 g/mol. The molecule has 0 radical (unpaired) electrons. The van der Waals surface area contributed by atoms with Crippen LogP contribution in [-0.2, 0) is 0 Å². The summed E-state index contributed by atoms with van der Waals surface area (Å²) < 4.78 is 5.40. The number of rotatable bonds is 3. The molecule has 0 unspecified atom stereocenters. The molecule has 0 atom stereocenters. The third-order valence-electron chi connectivity index (χ3n) is 2.35. The number of fused-ring (bicyclic) bond motifs is 1. The minimum atomic E-state index is 0.536. The van der Waals surface area contributed by atoms with Gasteiger partial charge in [-0.05, 0) is 18.2 Å². The van der Waals surface area contributed by atoms with Crippen molar-refractivity contribution in [3.05, 3.63) is 36.0 Å². The Hall–Kier alpha value is -1.74. The summed E-state index contributed by atoms with van der Waals surface area (Å²) >= 11 is 0. The minimum absolute atomic E-state index is 0.536. The van der Waals surface area contributed by atoms with E-state index in [9.17, 15) is 0 Å². The van der Waals surface area contributed by atoms with Crippen LogP contribution in [-0.4, -0.2) is 18.6 Å². The average Bonchev–Trinajstić information content (AvgIpc) is 2.73. The normalized spacial score (nSPS) is 11.3. The van der Waals surface area contributed by atoms with Crippen LogP contribution in [0.5, 0.6) is 5.75 Å². The number of ether oxygens (including phenoxy) is 1. The molecule has 1 heterocycles. The molecule has 2 aromatic rings. The molecule has 3 nitrogen and oxygen atoms in total. The van der Waals surface area contributed by atoms with Gasteiger partial charge in [-0.25, -0.2) is 0 Å². The second-order valence-electron chi connectivity index (χ2n) is 3.27. The van der Waals surface area contributed by atoms with E-state index in [-0.39, 0.29) is 0 Å². The Balaban J connectivity index is 2.58. The summed E-state index contributed by atoms with van der Waals surface area (Å²) in [4.78, 5) is 3.15. The van der Waals surface area contributed by atoms with Gasteiger partial charge in [0.05, 0.1) is 7.11 Å². The molecule has 3 heteroatoms. The number of hydrogen-bond acceptors (Lipinski definition) is 2. The molecule has 0 aliphatic heterocycles. The Morgan fingerprint density at radius 2 is 2.27 bits per heavy atom. The quantitative estimate of drug-likeness (QED) is 0.801. The van der Waals surface area contributed by atoms with E-state index in [4.69, 9.17) is 10.5 Å². The van der Waals surface area contributed by atoms with Gasteiger partial charge in [0, 0.05) is 29.2 Å². The number of nitrogens with two attached hydrogens (primary N) is 1. The molecule has 0 fully saturated rings. The van der Waals surface area contributed by atoms with Crippen LogP contribution in [0.2, 0.25) is 0 Å². The maximum Gasteiger partial charge on any atom is 0.135 e. The van der Waals surface area contributed by atoms with Crippen LogP contribution in [0.25, 0.3) is 17.0 Å². The molecule has 0 bridgehead atoms. The van der Waals surface area contributed by atoms with Crippen LogP contribution in [0.15, 0.2) is 30.5 Å². The second-order valence-corrected chi connectivity index (χ2v) is 3.27. The van der Waals surface area contributed by atoms with Gasteiger partial charge in [-0.3, -0.25) is 0 Å². The van der Waals surface area contributed by atoms with Crippen LogP contribution in [0.1, 0.15) is 5.56 Å². The van der Waals surface area contributed by atoms with Gasteiger partial charge in [-0.2, -0.15) is 0 Å². The fourth-order valence-corrected chi connectivity index (χ4v) is 1.68. The van der Waals surface area contributed by atoms with E-state index in [1.807, 2.05) is 36.5 Å². The molecule has 0 saturated heterocycles. The molecule has 2 rings (SSSR count). The van der Waals surface area contributed by atoms with Gasteiger partial charge in [0.25, 0.3) is 0 Å². The third kappa shape index (κ3) is 1.74. The van der Waals surface area contributed by atoms with Crippen LogP contribution >= 0.6 is 0 Å². The van der Waals surface area contributed by atoms with Crippen molar-refractivity contribution in [1.82, 2.24) is 4.98 Å². The first-order valence-electron chi connectivity index (χ1n) is 4.87. The van der Waals surface area contributed by atoms with E-state index in [2.05, 4.69) is 4.98 Å². The lowest BCUT2D eigenvalue weighted by Crippen LogP contribution is -1.93. The lowest BCUT2D eigenvalue weighted by Gasteiger charge is -2.06. The minimum Gasteiger partial charge on any atom is -0.495 e. The summed E-state index contributed by atoms with van der Waals surface area (Å²) in [5.41, 5.74) is 7.56. The molecule has 0 amide bonds. The van der Waals surface area contributed by atoms with Crippen molar-refractivity contribution in [2.24, 2.45) is 5.73 Å². The maximum absolute atomic E-state index is 5.43. The lowest BCUT2D eigenvalue weighted by atomic mass is 10.1. The Bertz CT molecular complexity index is 485. The molecule has 3 N–H and O–H groups in total. The molecule has 78 valence electrons. The number of methoxy groups -OCH3 is 1. The molecule has 1 aromatic heterocycles. The summed E-state index contributed by atoms with van der Waals surface area (Å²) in [6.07, 6.45) is 5.80. The number of aromatic amines is 1. The summed E-state index contributed by atoms with van der Waals surface area (Å²) in [6, 6.07) is 6.06. The second kappa shape index (κ2) is 4.19. The van der Waals surface area contributed by atoms with Gasteiger partial charge in [0.2, 0.25) is 0 Å². The predicted molar refractivity (Wildman–Crippen MR) is 62.9 cm³/mol. The van der Waals surface area contributed by atoms with Crippen LogP contribution < -0.4 is 10.5 Å². The number of H-pyrrole nitrogens is 1. The first kappa shape index (κ1) is 9.80. The number of hydrogen-bond donors (Lipinski definition) is 2. The third-order valence-corrected chi connectivity index (χ3v) is 2.35. The molecule has 0 saturated carbocycles. The fourth-order valence-electron chi connectivity index (χ4n) is 1.68. The summed E-state index contributed by atoms with van der Waals surface area (Å²) in [7, 11) is 1.68. The number of aromatic nitrogens is 1. The van der Waals surface area contributed by atoms with Crippen LogP contribution in [0.3, 0.4) is 0 Å². The summed E-state index contributed by atoms with van der Waals surface area (Å²) in [5.74, 6) is 0.887. The monoisotopic (exact) mass is 202 g/mol. The Morgan fingerprint density at radius 3 is 3.00 bits per heavy atom. The van der Waals surface area contributed by atoms with Crippen LogP contribution in [0.4, 0.5) is 0 Å². The summed E-state index contributed by atoms with van der Waals surface area (Å²) in [6.45, 7) is 0.536. The predicted octanol–water partition coefficient (Wildman–Crippen LogP) is 2.15. The van der Waals surface area contributed by atoms with Gasteiger partial charge in [0.1, 0.15) is 5.75 Å². The zero-order valence-corrected chi connectivity index (χ0v) is 8.66. The highest BCUT2D eigenvalue weighted by atomic mass is 16.5. The first-order valence-corrected chi connectivity index (χ1v) is 4.87. The molecule has 0 aliphatic rings. The van der Waals surface area contributed by atoms with Crippen molar-refractivity contribution in [1.29, 1.82) is 0 Å². The van der Waals surface area contributed by atoms with Crippen molar-refractivity contribution < 1.29 is 4.74 Å². The number of benzene rings is 1. The highest BCUT2D eigenvalue weighted by molar-refractivity contribution is 5.89. The van der Waals surface area contributed by atoms with Crippen molar-refractivity contribution in [3.63, 3.8) is 0 Å². The molecule has 15 heavy (non-hydrogen) atoms. The lowest BCUT2D eigenvalue weighted by molar-refractivity contribution is 0.419. The number of nitrogens with one attached hydrogen (secondary N) is 1. The van der Waals surface area contributed by atoms with Gasteiger partial charge in [0.15, 0.2) is 0 Å². The van der Waals surface area contributed by atoms with E-state index < -0.39 is 0 Å². The highest BCUT2D eigenvalue weighted by Crippen LogP contribution is 2.29. The zero-order chi connectivity index (χ0) is 10.7. The summed E-state index contributed by atoms with van der Waals surface area (Å²) in [5, 5.41) is 1.09. The van der Waals surface area contributed by atoms with Gasteiger partial charge in [-0.1, -0.05) is 12.2 Å². The standard InChI is InChI=1S/C12H14N2O/c1-15-12-9(3-2-7-13)4-5-11-10(12)6-8-14-11/h2-6,8,14H,7,13H2,1H3/b3-2+. The Morgan fingerprint density at radius 1 is 1.40 bits per heavy atom. The van der Waals surface area contributed by atoms with Crippen molar-refractivity contribution in [2.75, 3.05) is 13.7 Å². The van der Waals surface area contributed by atoms with E-state index >= 15 is 0 Å². The highest BCUT2D eigenvalue weighted by Gasteiger charge is 2.05. The Kier molecular flexibility index (Phi) is 2.74. The smallest absolute Gasteiger partial charge is 0.135 e. The van der Waals surface area contributed by atoms with Crippen molar-refractivity contribution in [2.45, 2.75) is 0 Å². The molecule has 1 aromatic carbocycles. The maximum atomic E-state index is 5.43. The van der Waals surface area contributed by atoms with E-state index in [1.54, 1.807) is 7.11 Å². The molecular formula is C12H14N2O. The van der Waals surface area contributed by atoms with E-state index in [0.29, 0.717) is 6.54 Å². The SMILES string of the molecule is COc1c(/C=C/CN)ccc2[nH]ccc12. The average molecular weight is 202 g/mol. The van der Waals surface area contributed by atoms with Crippen molar-refractivity contribution in [3.8, 4) is 5.75 Å². The van der Waals surface area contributed by atoms with E-state index in [0.717, 1.165) is 22.2 Å². The molecule has 0 aliphatic carbocycles. The first-order chi connectivity index (χ1) is 7.36. The largest absolute Gasteiger partial charge is 0.495 e. The fraction of sp³-hybridized carbons (Fsp3) is 0.167. The van der Waals surface area contributed by atoms with Gasteiger partial charge >= 0.3 is 0 Å².